The van der Waals surface area contributed by atoms with Crippen molar-refractivity contribution in [3.05, 3.63) is 54.1 Å². The van der Waals surface area contributed by atoms with Crippen LogP contribution in [0.2, 0.25) is 0 Å². The van der Waals surface area contributed by atoms with Crippen LogP contribution in [0.15, 0.2) is 43.0 Å². The van der Waals surface area contributed by atoms with Crippen LogP contribution in [0.5, 0.6) is 0 Å². The van der Waals surface area contributed by atoms with E-state index < -0.39 is 5.97 Å². The predicted octanol–water partition coefficient (Wildman–Crippen LogP) is 3.57. The van der Waals surface area contributed by atoms with Crippen LogP contribution in [0.3, 0.4) is 0 Å². The Hall–Kier alpha value is -2.09. The molecule has 0 aliphatic carbocycles. The number of carbonyl (C=O) groups is 1. The maximum Gasteiger partial charge on any atom is 0.336 e. The Bertz CT molecular complexity index is 534. The summed E-state index contributed by atoms with van der Waals surface area (Å²) in [6, 6.07) is 11.0. The van der Waals surface area contributed by atoms with Crippen molar-refractivity contribution < 1.29 is 9.90 Å². The van der Waals surface area contributed by atoms with E-state index in [1.165, 1.54) is 0 Å². The molecule has 0 aliphatic heterocycles. The number of hydrogen-bond donors (Lipinski definition) is 1. The summed E-state index contributed by atoms with van der Waals surface area (Å²) in [6.07, 6.45) is 0. The number of fused-ring (bicyclic) bond motifs is 1. The molecule has 2 heteroatoms. The average Bonchev–Trinajstić information content (AvgIpc) is 2.27. The quantitative estimate of drug-likeness (QED) is 0.826. The van der Waals surface area contributed by atoms with Crippen molar-refractivity contribution in [2.24, 2.45) is 0 Å². The highest BCUT2D eigenvalue weighted by Gasteiger charge is 2.11. The van der Waals surface area contributed by atoms with Gasteiger partial charge in [-0.25, -0.2) is 4.79 Å². The van der Waals surface area contributed by atoms with Gasteiger partial charge in [-0.15, -0.1) is 0 Å². The van der Waals surface area contributed by atoms with Crippen LogP contribution in [0, 0.1) is 0 Å². The summed E-state index contributed by atoms with van der Waals surface area (Å²) < 4.78 is 0. The Morgan fingerprint density at radius 3 is 2.19 bits per heavy atom. The van der Waals surface area contributed by atoms with Crippen LogP contribution in [-0.4, -0.2) is 11.1 Å². The van der Waals surface area contributed by atoms with Gasteiger partial charge in [-0.05, 0) is 23.9 Å². The molecule has 0 amide bonds. The number of rotatable bonds is 2. The van der Waals surface area contributed by atoms with Crippen molar-refractivity contribution in [1.29, 1.82) is 0 Å². The first-order valence-corrected chi connectivity index (χ1v) is 5.02. The summed E-state index contributed by atoms with van der Waals surface area (Å²) >= 11 is 0. The molecule has 2 aromatic rings. The summed E-state index contributed by atoms with van der Waals surface area (Å²) in [5.41, 5.74) is 2.10. The van der Waals surface area contributed by atoms with E-state index in [9.17, 15) is 4.79 Å². The third kappa shape index (κ3) is 1.58. The lowest BCUT2D eigenvalue weighted by Crippen LogP contribution is -1.99. The van der Waals surface area contributed by atoms with Crippen LogP contribution in [0.25, 0.3) is 16.3 Å². The molecule has 0 saturated carbocycles. The Kier molecular flexibility index (Phi) is 2.49. The van der Waals surface area contributed by atoms with Crippen LogP contribution < -0.4 is 0 Å². The molecule has 0 spiro atoms. The highest BCUT2D eigenvalue weighted by molar-refractivity contribution is 6.07. The molecule has 2 aromatic carbocycles. The van der Waals surface area contributed by atoms with Crippen molar-refractivity contribution >= 4 is 22.3 Å². The number of hydrogen-bond acceptors (Lipinski definition) is 1. The van der Waals surface area contributed by atoms with Gasteiger partial charge in [0, 0.05) is 5.39 Å². The van der Waals surface area contributed by atoms with E-state index in [0.717, 1.165) is 21.9 Å². The van der Waals surface area contributed by atoms with Gasteiger partial charge in [-0.2, -0.15) is 0 Å². The van der Waals surface area contributed by atoms with Gasteiger partial charge in [0.1, 0.15) is 0 Å². The molecule has 80 valence electrons. The molecule has 0 unspecified atom stereocenters. The van der Waals surface area contributed by atoms with Crippen molar-refractivity contribution in [2.45, 2.75) is 6.92 Å². The van der Waals surface area contributed by atoms with Crippen molar-refractivity contribution in [1.82, 2.24) is 0 Å². The fourth-order valence-corrected chi connectivity index (χ4v) is 1.87. The molecule has 2 nitrogen and oxygen atoms in total. The van der Waals surface area contributed by atoms with E-state index in [1.807, 2.05) is 31.2 Å². The third-order valence-corrected chi connectivity index (χ3v) is 2.59. The van der Waals surface area contributed by atoms with Crippen molar-refractivity contribution in [3.63, 3.8) is 0 Å². The second-order valence-electron chi connectivity index (χ2n) is 3.79. The van der Waals surface area contributed by atoms with E-state index in [-0.39, 0.29) is 0 Å². The SMILES string of the molecule is C=C(C)c1cccc2cccc(C(=O)O)c12. The molecule has 0 aliphatic rings. The summed E-state index contributed by atoms with van der Waals surface area (Å²) in [6.45, 7) is 5.77. The number of aromatic carboxylic acids is 1. The van der Waals surface area contributed by atoms with E-state index in [2.05, 4.69) is 6.58 Å². The van der Waals surface area contributed by atoms with Gasteiger partial charge in [0.15, 0.2) is 0 Å². The maximum atomic E-state index is 11.2. The van der Waals surface area contributed by atoms with E-state index in [0.29, 0.717) is 5.56 Å². The molecular formula is C14H12O2. The zero-order valence-electron chi connectivity index (χ0n) is 9.03. The Morgan fingerprint density at radius 1 is 1.12 bits per heavy atom. The van der Waals surface area contributed by atoms with Crippen LogP contribution in [0.4, 0.5) is 0 Å². The average molecular weight is 212 g/mol. The lowest BCUT2D eigenvalue weighted by Gasteiger charge is -2.08. The molecule has 16 heavy (non-hydrogen) atoms. The van der Waals surface area contributed by atoms with E-state index in [1.54, 1.807) is 12.1 Å². The highest BCUT2D eigenvalue weighted by Crippen LogP contribution is 2.27. The first-order chi connectivity index (χ1) is 7.61. The van der Waals surface area contributed by atoms with Crippen LogP contribution >= 0.6 is 0 Å². The first-order valence-electron chi connectivity index (χ1n) is 5.02. The fraction of sp³-hybridized carbons (Fsp3) is 0.0714. The fourth-order valence-electron chi connectivity index (χ4n) is 1.87. The number of allylic oxidation sites excluding steroid dienone is 1. The monoisotopic (exact) mass is 212 g/mol. The molecule has 0 aromatic heterocycles. The summed E-state index contributed by atoms with van der Waals surface area (Å²) in [5, 5.41) is 10.9. The van der Waals surface area contributed by atoms with Crippen LogP contribution in [-0.2, 0) is 0 Å². The molecule has 0 heterocycles. The minimum atomic E-state index is -0.903. The summed E-state index contributed by atoms with van der Waals surface area (Å²) in [5.74, 6) is -0.903. The van der Waals surface area contributed by atoms with Gasteiger partial charge >= 0.3 is 5.97 Å². The molecule has 1 N–H and O–H groups in total. The van der Waals surface area contributed by atoms with Crippen LogP contribution in [0.1, 0.15) is 22.8 Å². The topological polar surface area (TPSA) is 37.3 Å². The zero-order valence-corrected chi connectivity index (χ0v) is 9.03. The largest absolute Gasteiger partial charge is 0.478 e. The molecule has 2 rings (SSSR count). The minimum Gasteiger partial charge on any atom is -0.478 e. The van der Waals surface area contributed by atoms with Crippen molar-refractivity contribution in [3.8, 4) is 0 Å². The Morgan fingerprint density at radius 2 is 1.69 bits per heavy atom. The predicted molar refractivity (Wildman–Crippen MR) is 65.6 cm³/mol. The number of carboxylic acids is 1. The summed E-state index contributed by atoms with van der Waals surface area (Å²) in [4.78, 5) is 11.2. The molecule has 0 radical (unpaired) electrons. The van der Waals surface area contributed by atoms with Gasteiger partial charge in [0.2, 0.25) is 0 Å². The van der Waals surface area contributed by atoms with E-state index in [4.69, 9.17) is 5.11 Å². The first kappa shape index (κ1) is 10.4. The van der Waals surface area contributed by atoms with Gasteiger partial charge in [-0.1, -0.05) is 42.5 Å². The molecule has 0 fully saturated rings. The molecule has 0 saturated heterocycles. The van der Waals surface area contributed by atoms with E-state index >= 15 is 0 Å². The smallest absolute Gasteiger partial charge is 0.336 e. The second kappa shape index (κ2) is 3.81. The normalized spacial score (nSPS) is 10.3. The molecule has 0 bridgehead atoms. The Balaban J connectivity index is 2.92. The van der Waals surface area contributed by atoms with Gasteiger partial charge in [0.25, 0.3) is 0 Å². The lowest BCUT2D eigenvalue weighted by atomic mass is 9.96. The number of benzene rings is 2. The van der Waals surface area contributed by atoms with Crippen molar-refractivity contribution in [2.75, 3.05) is 0 Å². The molecule has 0 atom stereocenters. The van der Waals surface area contributed by atoms with Gasteiger partial charge in [0.05, 0.1) is 5.56 Å². The van der Waals surface area contributed by atoms with Gasteiger partial charge < -0.3 is 5.11 Å². The highest BCUT2D eigenvalue weighted by atomic mass is 16.4. The second-order valence-corrected chi connectivity index (χ2v) is 3.79. The standard InChI is InChI=1S/C14H12O2/c1-9(2)11-7-3-5-10-6-4-8-12(13(10)11)14(15)16/h3-8H,1H2,2H3,(H,15,16). The third-order valence-electron chi connectivity index (χ3n) is 2.59. The minimum absolute atomic E-state index is 0.330. The van der Waals surface area contributed by atoms with Gasteiger partial charge in [-0.3, -0.25) is 0 Å². The maximum absolute atomic E-state index is 11.2. The lowest BCUT2D eigenvalue weighted by molar-refractivity contribution is 0.0699. The molecular weight excluding hydrogens is 200 g/mol. The zero-order chi connectivity index (χ0) is 11.7. The Labute approximate surface area is 93.8 Å². The number of carboxylic acid groups (broad SMARTS) is 1. The summed E-state index contributed by atoms with van der Waals surface area (Å²) in [7, 11) is 0.